The predicted octanol–water partition coefficient (Wildman–Crippen LogP) is 2.42. The second-order valence-corrected chi connectivity index (χ2v) is 4.18. The summed E-state index contributed by atoms with van der Waals surface area (Å²) < 4.78 is 10.6. The quantitative estimate of drug-likeness (QED) is 0.912. The first kappa shape index (κ1) is 14.1. The highest BCUT2D eigenvalue weighted by Crippen LogP contribution is 2.35. The molecule has 0 atom stereocenters. The largest absolute Gasteiger partial charge is 0.493 e. The summed E-state index contributed by atoms with van der Waals surface area (Å²) >= 11 is 5.84. The highest BCUT2D eigenvalue weighted by molar-refractivity contribution is 6.31. The molecule has 1 N–H and O–H groups in total. The fraction of sp³-hybridized carbons (Fsp3) is 0.154. The van der Waals surface area contributed by atoms with Crippen LogP contribution in [0.1, 0.15) is 16.2 Å². The third kappa shape index (κ3) is 3.16. The minimum atomic E-state index is -1.16. The zero-order chi connectivity index (χ0) is 14.5. The summed E-state index contributed by atoms with van der Waals surface area (Å²) in [6, 6.07) is 4.46. The summed E-state index contributed by atoms with van der Waals surface area (Å²) in [6.45, 7) is 0.0269. The number of methoxy groups -OCH3 is 1. The van der Waals surface area contributed by atoms with E-state index in [9.17, 15) is 9.90 Å². The Labute approximate surface area is 120 Å². The van der Waals surface area contributed by atoms with Gasteiger partial charge in [-0.3, -0.25) is 0 Å². The molecule has 0 spiro atoms. The summed E-state index contributed by atoms with van der Waals surface area (Å²) in [7, 11) is 1.41. The Kier molecular flexibility index (Phi) is 4.37. The number of hydrogen-bond donors (Lipinski definition) is 1. The second-order valence-electron chi connectivity index (χ2n) is 3.74. The number of hydrogen-bond acceptors (Lipinski definition) is 5. The average Bonchev–Trinajstić information content (AvgIpc) is 2.46. The number of aromatic nitrogens is 2. The number of aromatic carboxylic acids is 1. The third-order valence-corrected chi connectivity index (χ3v) is 2.65. The molecule has 0 fully saturated rings. The first-order valence-corrected chi connectivity index (χ1v) is 5.99. The normalized spacial score (nSPS) is 10.1. The lowest BCUT2D eigenvalue weighted by atomic mass is 10.2. The van der Waals surface area contributed by atoms with Crippen molar-refractivity contribution in [3.8, 4) is 11.5 Å². The van der Waals surface area contributed by atoms with Gasteiger partial charge in [-0.05, 0) is 12.1 Å². The van der Waals surface area contributed by atoms with E-state index in [1.54, 1.807) is 18.5 Å². The molecule has 0 unspecified atom stereocenters. The number of carbonyl (C=O) groups is 1. The minimum Gasteiger partial charge on any atom is -0.493 e. The van der Waals surface area contributed by atoms with Gasteiger partial charge < -0.3 is 14.6 Å². The van der Waals surface area contributed by atoms with Crippen LogP contribution < -0.4 is 9.47 Å². The standard InChI is InChI=1S/C13H11ClN2O4/c1-19-10-6-8(14)5-9(13(17)18)12(10)20-7-11-15-3-2-4-16-11/h2-6H,7H2,1H3,(H,17,18). The van der Waals surface area contributed by atoms with Crippen molar-refractivity contribution in [1.82, 2.24) is 9.97 Å². The van der Waals surface area contributed by atoms with E-state index in [1.165, 1.54) is 19.2 Å². The Bertz CT molecular complexity index is 619. The van der Waals surface area contributed by atoms with Crippen LogP contribution in [0.4, 0.5) is 0 Å². The molecular weight excluding hydrogens is 284 g/mol. The van der Waals surface area contributed by atoms with Crippen molar-refractivity contribution in [3.63, 3.8) is 0 Å². The van der Waals surface area contributed by atoms with E-state index in [-0.39, 0.29) is 28.7 Å². The third-order valence-electron chi connectivity index (χ3n) is 2.43. The Balaban J connectivity index is 2.32. The van der Waals surface area contributed by atoms with E-state index in [0.29, 0.717) is 5.82 Å². The molecule has 0 bridgehead atoms. The van der Waals surface area contributed by atoms with Crippen molar-refractivity contribution >= 4 is 17.6 Å². The topological polar surface area (TPSA) is 81.5 Å². The van der Waals surface area contributed by atoms with Gasteiger partial charge in [-0.15, -0.1) is 0 Å². The number of benzene rings is 1. The lowest BCUT2D eigenvalue weighted by Crippen LogP contribution is -2.07. The maximum atomic E-state index is 11.2. The van der Waals surface area contributed by atoms with Crippen molar-refractivity contribution < 1.29 is 19.4 Å². The maximum absolute atomic E-state index is 11.2. The molecule has 0 aliphatic heterocycles. The monoisotopic (exact) mass is 294 g/mol. The fourth-order valence-electron chi connectivity index (χ4n) is 1.57. The van der Waals surface area contributed by atoms with Crippen LogP contribution in [0, 0.1) is 0 Å². The van der Waals surface area contributed by atoms with Gasteiger partial charge in [-0.25, -0.2) is 14.8 Å². The molecule has 2 rings (SSSR count). The number of carboxylic acids is 1. The Hall–Kier alpha value is -2.34. The van der Waals surface area contributed by atoms with Crippen molar-refractivity contribution in [3.05, 3.63) is 47.0 Å². The second kappa shape index (κ2) is 6.21. The van der Waals surface area contributed by atoms with Crippen molar-refractivity contribution in [2.75, 3.05) is 7.11 Å². The van der Waals surface area contributed by atoms with Gasteiger partial charge in [0.1, 0.15) is 12.2 Å². The molecule has 6 nitrogen and oxygen atoms in total. The SMILES string of the molecule is COc1cc(Cl)cc(C(=O)O)c1OCc1ncccn1. The van der Waals surface area contributed by atoms with Crippen molar-refractivity contribution in [2.45, 2.75) is 6.61 Å². The Morgan fingerprint density at radius 1 is 1.35 bits per heavy atom. The predicted molar refractivity (Wildman–Crippen MR) is 71.3 cm³/mol. The molecule has 1 aromatic heterocycles. The molecule has 0 amide bonds. The molecule has 1 heterocycles. The Morgan fingerprint density at radius 2 is 2.05 bits per heavy atom. The van der Waals surface area contributed by atoms with E-state index < -0.39 is 5.97 Å². The number of rotatable bonds is 5. The van der Waals surface area contributed by atoms with Crippen LogP contribution >= 0.6 is 11.6 Å². The molecular formula is C13H11ClN2O4. The van der Waals surface area contributed by atoms with Gasteiger partial charge in [0.05, 0.1) is 7.11 Å². The van der Waals surface area contributed by atoms with Gasteiger partial charge in [0.25, 0.3) is 0 Å². The summed E-state index contributed by atoms with van der Waals surface area (Å²) in [4.78, 5) is 19.2. The highest BCUT2D eigenvalue weighted by Gasteiger charge is 2.18. The number of nitrogens with zero attached hydrogens (tertiary/aromatic N) is 2. The Morgan fingerprint density at radius 3 is 2.65 bits per heavy atom. The van der Waals surface area contributed by atoms with Gasteiger partial charge in [0.15, 0.2) is 17.3 Å². The molecule has 2 aromatic rings. The maximum Gasteiger partial charge on any atom is 0.339 e. The fourth-order valence-corrected chi connectivity index (χ4v) is 1.78. The zero-order valence-electron chi connectivity index (χ0n) is 10.5. The summed E-state index contributed by atoms with van der Waals surface area (Å²) in [5, 5.41) is 9.43. The zero-order valence-corrected chi connectivity index (χ0v) is 11.3. The highest BCUT2D eigenvalue weighted by atomic mass is 35.5. The van der Waals surface area contributed by atoms with E-state index in [4.69, 9.17) is 21.1 Å². The van der Waals surface area contributed by atoms with Crippen LogP contribution in [0.5, 0.6) is 11.5 Å². The van der Waals surface area contributed by atoms with Gasteiger partial charge in [-0.2, -0.15) is 0 Å². The van der Waals surface area contributed by atoms with Gasteiger partial charge >= 0.3 is 5.97 Å². The van der Waals surface area contributed by atoms with E-state index in [0.717, 1.165) is 0 Å². The van der Waals surface area contributed by atoms with Crippen LogP contribution in [0.15, 0.2) is 30.6 Å². The average molecular weight is 295 g/mol. The molecule has 0 saturated heterocycles. The molecule has 1 aromatic carbocycles. The molecule has 104 valence electrons. The van der Waals surface area contributed by atoms with Crippen LogP contribution in [0.3, 0.4) is 0 Å². The lowest BCUT2D eigenvalue weighted by Gasteiger charge is -2.13. The molecule has 0 radical (unpaired) electrons. The number of halogens is 1. The first-order valence-electron chi connectivity index (χ1n) is 5.61. The summed E-state index contributed by atoms with van der Waals surface area (Å²) in [5.41, 5.74) is -0.0784. The van der Waals surface area contributed by atoms with Crippen LogP contribution in [0.2, 0.25) is 5.02 Å². The molecule has 7 heteroatoms. The van der Waals surface area contributed by atoms with Crippen molar-refractivity contribution in [2.24, 2.45) is 0 Å². The smallest absolute Gasteiger partial charge is 0.339 e. The van der Waals surface area contributed by atoms with Crippen LogP contribution in [-0.2, 0) is 6.61 Å². The minimum absolute atomic E-state index is 0.0269. The molecule has 0 aliphatic carbocycles. The molecule has 0 saturated carbocycles. The van der Waals surface area contributed by atoms with Gasteiger partial charge in [0.2, 0.25) is 0 Å². The van der Waals surface area contributed by atoms with E-state index in [1.807, 2.05) is 0 Å². The summed E-state index contributed by atoms with van der Waals surface area (Å²) in [5.74, 6) is -0.390. The number of carboxylic acid groups (broad SMARTS) is 1. The first-order chi connectivity index (χ1) is 9.61. The molecule has 0 aliphatic rings. The van der Waals surface area contributed by atoms with E-state index >= 15 is 0 Å². The van der Waals surface area contributed by atoms with E-state index in [2.05, 4.69) is 9.97 Å². The van der Waals surface area contributed by atoms with Gasteiger partial charge in [0, 0.05) is 23.5 Å². The van der Waals surface area contributed by atoms with Crippen LogP contribution in [-0.4, -0.2) is 28.2 Å². The summed E-state index contributed by atoms with van der Waals surface area (Å²) in [6.07, 6.45) is 3.14. The number of ether oxygens (including phenoxy) is 2. The van der Waals surface area contributed by atoms with Crippen molar-refractivity contribution in [1.29, 1.82) is 0 Å². The molecule has 20 heavy (non-hydrogen) atoms. The lowest BCUT2D eigenvalue weighted by molar-refractivity contribution is 0.0690. The van der Waals surface area contributed by atoms with Gasteiger partial charge in [-0.1, -0.05) is 11.6 Å². The van der Waals surface area contributed by atoms with Crippen LogP contribution in [0.25, 0.3) is 0 Å².